The van der Waals surface area contributed by atoms with Crippen molar-refractivity contribution >= 4 is 11.6 Å². The Labute approximate surface area is 95.1 Å². The van der Waals surface area contributed by atoms with Crippen molar-refractivity contribution in [2.45, 2.75) is 30.9 Å². The fourth-order valence-electron chi connectivity index (χ4n) is 1.73. The molecule has 2 nitrogen and oxygen atoms in total. The maximum absolute atomic E-state index is 6.00. The molecule has 2 rings (SSSR count). The van der Waals surface area contributed by atoms with Gasteiger partial charge in [0, 0.05) is 13.5 Å². The minimum Gasteiger partial charge on any atom is -0.488 e. The number of methoxy groups -OCH3 is 1. The fraction of sp³-hybridized carbons (Fsp3) is 0.500. The average Bonchev–Trinajstić information content (AvgIpc) is 2.21. The molecule has 3 heteroatoms. The minimum atomic E-state index is 0.0213. The number of alkyl halides is 1. The number of hydrogen-bond donors (Lipinski definition) is 0. The van der Waals surface area contributed by atoms with Crippen LogP contribution >= 0.6 is 11.6 Å². The van der Waals surface area contributed by atoms with E-state index in [2.05, 4.69) is 6.92 Å². The van der Waals surface area contributed by atoms with Crippen molar-refractivity contribution < 1.29 is 9.47 Å². The van der Waals surface area contributed by atoms with Crippen LogP contribution in [-0.2, 0) is 4.74 Å². The number of ether oxygens (including phenoxy) is 2. The Morgan fingerprint density at radius 1 is 1.27 bits per heavy atom. The molecular weight excluding hydrogens is 212 g/mol. The summed E-state index contributed by atoms with van der Waals surface area (Å²) >= 11 is 6.00. The van der Waals surface area contributed by atoms with Gasteiger partial charge in [0.05, 0.1) is 5.38 Å². The highest BCUT2D eigenvalue weighted by Crippen LogP contribution is 2.32. The normalized spacial score (nSPS) is 29.7. The van der Waals surface area contributed by atoms with Crippen molar-refractivity contribution in [3.8, 4) is 5.75 Å². The van der Waals surface area contributed by atoms with Crippen molar-refractivity contribution in [2.75, 3.05) is 7.11 Å². The summed E-state index contributed by atoms with van der Waals surface area (Å²) < 4.78 is 11.0. The Morgan fingerprint density at radius 3 is 2.47 bits per heavy atom. The summed E-state index contributed by atoms with van der Waals surface area (Å²) in [6.45, 7) is 2.06. The predicted molar refractivity (Wildman–Crippen MR) is 60.7 cm³/mol. The van der Waals surface area contributed by atoms with Crippen LogP contribution in [0.4, 0.5) is 0 Å². The first-order valence-electron chi connectivity index (χ1n) is 5.11. The molecule has 0 aliphatic heterocycles. The van der Waals surface area contributed by atoms with Crippen LogP contribution in [-0.4, -0.2) is 24.7 Å². The van der Waals surface area contributed by atoms with Gasteiger partial charge in [-0.05, 0) is 19.1 Å². The van der Waals surface area contributed by atoms with E-state index in [1.54, 1.807) is 7.11 Å². The van der Waals surface area contributed by atoms with E-state index in [1.165, 1.54) is 5.56 Å². The average molecular weight is 227 g/mol. The number of halogens is 1. The molecule has 1 aliphatic carbocycles. The molecule has 1 aromatic carbocycles. The molecule has 0 saturated heterocycles. The molecule has 1 aliphatic rings. The van der Waals surface area contributed by atoms with Gasteiger partial charge in [-0.2, -0.15) is 0 Å². The van der Waals surface area contributed by atoms with E-state index in [0.29, 0.717) is 0 Å². The highest BCUT2D eigenvalue weighted by molar-refractivity contribution is 6.21. The Kier molecular flexibility index (Phi) is 3.17. The summed E-state index contributed by atoms with van der Waals surface area (Å²) in [4.78, 5) is 0. The van der Waals surface area contributed by atoms with Crippen LogP contribution in [0.25, 0.3) is 0 Å². The SMILES string of the molecule is COC1C(Cl)CC1Oc1ccc(C)cc1. The largest absolute Gasteiger partial charge is 0.488 e. The van der Waals surface area contributed by atoms with Crippen molar-refractivity contribution in [3.05, 3.63) is 29.8 Å². The highest BCUT2D eigenvalue weighted by Gasteiger charge is 2.42. The van der Waals surface area contributed by atoms with Crippen LogP contribution in [0.5, 0.6) is 5.75 Å². The van der Waals surface area contributed by atoms with Crippen molar-refractivity contribution in [2.24, 2.45) is 0 Å². The van der Waals surface area contributed by atoms with Crippen molar-refractivity contribution in [1.82, 2.24) is 0 Å². The summed E-state index contributed by atoms with van der Waals surface area (Å²) in [5.41, 5.74) is 1.23. The van der Waals surface area contributed by atoms with Gasteiger partial charge in [0.1, 0.15) is 18.0 Å². The Bertz CT molecular complexity index is 323. The number of aryl methyl sites for hydroxylation is 1. The minimum absolute atomic E-state index is 0.0213. The van der Waals surface area contributed by atoms with E-state index in [-0.39, 0.29) is 17.6 Å². The fourth-order valence-corrected chi connectivity index (χ4v) is 2.17. The molecule has 1 aromatic rings. The van der Waals surface area contributed by atoms with E-state index in [0.717, 1.165) is 12.2 Å². The van der Waals surface area contributed by atoms with Gasteiger partial charge in [0.2, 0.25) is 0 Å². The lowest BCUT2D eigenvalue weighted by molar-refractivity contribution is -0.0583. The van der Waals surface area contributed by atoms with Gasteiger partial charge in [-0.25, -0.2) is 0 Å². The third-order valence-electron chi connectivity index (χ3n) is 2.76. The smallest absolute Gasteiger partial charge is 0.128 e. The number of benzene rings is 1. The zero-order valence-corrected chi connectivity index (χ0v) is 9.70. The van der Waals surface area contributed by atoms with E-state index < -0.39 is 0 Å². The lowest BCUT2D eigenvalue weighted by Crippen LogP contribution is -2.52. The van der Waals surface area contributed by atoms with Gasteiger partial charge in [0.15, 0.2) is 0 Å². The summed E-state index contributed by atoms with van der Waals surface area (Å²) in [6, 6.07) is 8.02. The maximum atomic E-state index is 6.00. The van der Waals surface area contributed by atoms with E-state index in [1.807, 2.05) is 24.3 Å². The van der Waals surface area contributed by atoms with Gasteiger partial charge < -0.3 is 9.47 Å². The Morgan fingerprint density at radius 2 is 1.93 bits per heavy atom. The van der Waals surface area contributed by atoms with E-state index in [9.17, 15) is 0 Å². The van der Waals surface area contributed by atoms with E-state index in [4.69, 9.17) is 21.1 Å². The molecule has 15 heavy (non-hydrogen) atoms. The molecule has 0 N–H and O–H groups in total. The lowest BCUT2D eigenvalue weighted by Gasteiger charge is -2.39. The summed E-state index contributed by atoms with van der Waals surface area (Å²) in [5, 5.41) is 0.0884. The topological polar surface area (TPSA) is 18.5 Å². The molecule has 1 fully saturated rings. The van der Waals surface area contributed by atoms with Gasteiger partial charge in [-0.1, -0.05) is 17.7 Å². The molecule has 82 valence electrons. The molecule has 3 atom stereocenters. The first kappa shape index (κ1) is 10.8. The van der Waals surface area contributed by atoms with Gasteiger partial charge >= 0.3 is 0 Å². The third-order valence-corrected chi connectivity index (χ3v) is 3.19. The molecule has 0 heterocycles. The Hall–Kier alpha value is -0.730. The number of hydrogen-bond acceptors (Lipinski definition) is 2. The van der Waals surface area contributed by atoms with Crippen LogP contribution < -0.4 is 4.74 Å². The zero-order chi connectivity index (χ0) is 10.8. The second-order valence-electron chi connectivity index (χ2n) is 3.92. The monoisotopic (exact) mass is 226 g/mol. The molecule has 0 aromatic heterocycles. The van der Waals surface area contributed by atoms with Gasteiger partial charge in [-0.3, -0.25) is 0 Å². The Balaban J connectivity index is 1.95. The van der Waals surface area contributed by atoms with Crippen molar-refractivity contribution in [3.63, 3.8) is 0 Å². The van der Waals surface area contributed by atoms with Crippen LogP contribution in [0.2, 0.25) is 0 Å². The number of rotatable bonds is 3. The second-order valence-corrected chi connectivity index (χ2v) is 4.48. The van der Waals surface area contributed by atoms with Gasteiger partial charge in [0.25, 0.3) is 0 Å². The van der Waals surface area contributed by atoms with Crippen LogP contribution in [0.15, 0.2) is 24.3 Å². The predicted octanol–water partition coefficient (Wildman–Crippen LogP) is 2.77. The molecule has 1 saturated carbocycles. The quantitative estimate of drug-likeness (QED) is 0.738. The second kappa shape index (κ2) is 4.42. The molecule has 0 bridgehead atoms. The van der Waals surface area contributed by atoms with E-state index >= 15 is 0 Å². The molecular formula is C12H15ClO2. The summed E-state index contributed by atoms with van der Waals surface area (Å²) in [5.74, 6) is 0.885. The van der Waals surface area contributed by atoms with Crippen LogP contribution in [0.3, 0.4) is 0 Å². The molecule has 0 amide bonds. The first-order valence-corrected chi connectivity index (χ1v) is 5.54. The highest BCUT2D eigenvalue weighted by atomic mass is 35.5. The standard InChI is InChI=1S/C12H15ClO2/c1-8-3-5-9(6-4-8)15-11-7-10(13)12(11)14-2/h3-6,10-12H,7H2,1-2H3. The van der Waals surface area contributed by atoms with Crippen LogP contribution in [0.1, 0.15) is 12.0 Å². The molecule has 0 spiro atoms. The maximum Gasteiger partial charge on any atom is 0.128 e. The molecule has 0 radical (unpaired) electrons. The lowest BCUT2D eigenvalue weighted by atomic mass is 9.91. The van der Waals surface area contributed by atoms with Crippen LogP contribution in [0, 0.1) is 6.92 Å². The molecule has 3 unspecified atom stereocenters. The summed E-state index contributed by atoms with van der Waals surface area (Å²) in [7, 11) is 1.67. The first-order chi connectivity index (χ1) is 7.20. The summed E-state index contributed by atoms with van der Waals surface area (Å²) in [6.07, 6.45) is 0.974. The zero-order valence-electron chi connectivity index (χ0n) is 8.94. The third kappa shape index (κ3) is 2.27. The van der Waals surface area contributed by atoms with Gasteiger partial charge in [-0.15, -0.1) is 11.6 Å². The van der Waals surface area contributed by atoms with Crippen molar-refractivity contribution in [1.29, 1.82) is 0 Å².